The van der Waals surface area contributed by atoms with Gasteiger partial charge in [-0.2, -0.15) is 0 Å². The van der Waals surface area contributed by atoms with Crippen molar-refractivity contribution < 1.29 is 19.1 Å². The number of benzene rings is 1. The van der Waals surface area contributed by atoms with Crippen LogP contribution in [0.3, 0.4) is 0 Å². The molecule has 1 aromatic carbocycles. The average Bonchev–Trinajstić information content (AvgIpc) is 2.53. The van der Waals surface area contributed by atoms with Crippen LogP contribution in [-0.2, 0) is 16.1 Å². The van der Waals surface area contributed by atoms with Crippen LogP contribution in [0.2, 0.25) is 0 Å². The van der Waals surface area contributed by atoms with Gasteiger partial charge in [-0.05, 0) is 44.5 Å². The lowest BCUT2D eigenvalue weighted by molar-refractivity contribution is -0.116. The van der Waals surface area contributed by atoms with E-state index in [0.717, 1.165) is 5.56 Å². The van der Waals surface area contributed by atoms with Gasteiger partial charge < -0.3 is 20.3 Å². The second-order valence-electron chi connectivity index (χ2n) is 7.17. The Balaban J connectivity index is 1.79. The number of rotatable bonds is 5. The molecule has 7 nitrogen and oxygen atoms in total. The Morgan fingerprint density at radius 3 is 2.38 bits per heavy atom. The molecule has 1 fully saturated rings. The molecule has 26 heavy (non-hydrogen) atoms. The average molecular weight is 359 g/mol. The minimum Gasteiger partial charge on any atom is -0.444 e. The number of carbonyl (C=O) groups excluding carboxylic acids is 3. The second kappa shape index (κ2) is 8.03. The maximum absolute atomic E-state index is 12.4. The SMILES string of the molecule is C=CC(=O)NCc1ccc(C(=O)N2CC(NC(=O)OC(C)(C)C)C2)cc1. The Morgan fingerprint density at radius 2 is 1.85 bits per heavy atom. The van der Waals surface area contributed by atoms with Crippen LogP contribution >= 0.6 is 0 Å². The Labute approximate surface area is 153 Å². The number of hydrogen-bond donors (Lipinski definition) is 2. The van der Waals surface area contributed by atoms with Crippen LogP contribution in [-0.4, -0.2) is 47.5 Å². The zero-order chi connectivity index (χ0) is 19.3. The predicted octanol–water partition coefficient (Wildman–Crippen LogP) is 1.84. The summed E-state index contributed by atoms with van der Waals surface area (Å²) in [7, 11) is 0. The molecule has 0 aromatic heterocycles. The van der Waals surface area contributed by atoms with E-state index in [1.165, 1.54) is 6.08 Å². The number of nitrogens with one attached hydrogen (secondary N) is 2. The summed E-state index contributed by atoms with van der Waals surface area (Å²) in [5.74, 6) is -0.330. The summed E-state index contributed by atoms with van der Waals surface area (Å²) in [6, 6.07) is 6.96. The van der Waals surface area contributed by atoms with Crippen molar-refractivity contribution in [1.29, 1.82) is 0 Å². The quantitative estimate of drug-likeness (QED) is 0.785. The topological polar surface area (TPSA) is 87.7 Å². The Bertz CT molecular complexity index is 686. The maximum atomic E-state index is 12.4. The highest BCUT2D eigenvalue weighted by atomic mass is 16.6. The molecule has 0 aliphatic carbocycles. The Kier molecular flexibility index (Phi) is 6.02. The van der Waals surface area contributed by atoms with Crippen molar-refractivity contribution in [1.82, 2.24) is 15.5 Å². The first-order chi connectivity index (χ1) is 12.2. The van der Waals surface area contributed by atoms with Gasteiger partial charge in [0.15, 0.2) is 0 Å². The summed E-state index contributed by atoms with van der Waals surface area (Å²) in [6.45, 7) is 10.1. The summed E-state index contributed by atoms with van der Waals surface area (Å²) >= 11 is 0. The molecule has 1 aliphatic rings. The Morgan fingerprint density at radius 1 is 1.23 bits per heavy atom. The first kappa shape index (κ1) is 19.5. The van der Waals surface area contributed by atoms with Crippen LogP contribution in [0.25, 0.3) is 0 Å². The van der Waals surface area contributed by atoms with Crippen LogP contribution in [0.5, 0.6) is 0 Å². The first-order valence-corrected chi connectivity index (χ1v) is 8.46. The molecule has 140 valence electrons. The normalized spacial score (nSPS) is 14.2. The fourth-order valence-electron chi connectivity index (χ4n) is 2.42. The predicted molar refractivity (Wildman–Crippen MR) is 97.5 cm³/mol. The van der Waals surface area contributed by atoms with E-state index in [0.29, 0.717) is 25.2 Å². The number of likely N-dealkylation sites (tertiary alicyclic amines) is 1. The molecule has 0 atom stereocenters. The summed E-state index contributed by atoms with van der Waals surface area (Å²) in [5.41, 5.74) is 0.917. The first-order valence-electron chi connectivity index (χ1n) is 8.46. The highest BCUT2D eigenvalue weighted by Gasteiger charge is 2.33. The van der Waals surface area contributed by atoms with E-state index >= 15 is 0 Å². The zero-order valence-electron chi connectivity index (χ0n) is 15.4. The van der Waals surface area contributed by atoms with Crippen molar-refractivity contribution in [2.75, 3.05) is 13.1 Å². The van der Waals surface area contributed by atoms with Gasteiger partial charge in [-0.3, -0.25) is 9.59 Å². The number of carbonyl (C=O) groups is 3. The molecule has 1 aliphatic heterocycles. The van der Waals surface area contributed by atoms with E-state index in [1.807, 2.05) is 0 Å². The molecule has 2 N–H and O–H groups in total. The minimum atomic E-state index is -0.545. The smallest absolute Gasteiger partial charge is 0.407 e. The molecule has 7 heteroatoms. The van der Waals surface area contributed by atoms with E-state index in [4.69, 9.17) is 4.74 Å². The van der Waals surface area contributed by atoms with Gasteiger partial charge in [0.2, 0.25) is 5.91 Å². The van der Waals surface area contributed by atoms with E-state index in [2.05, 4.69) is 17.2 Å². The lowest BCUT2D eigenvalue weighted by atomic mass is 10.1. The van der Waals surface area contributed by atoms with Crippen LogP contribution in [0.1, 0.15) is 36.7 Å². The lowest BCUT2D eigenvalue weighted by Gasteiger charge is -2.39. The van der Waals surface area contributed by atoms with Crippen molar-refractivity contribution in [3.8, 4) is 0 Å². The van der Waals surface area contributed by atoms with Crippen LogP contribution < -0.4 is 10.6 Å². The third-order valence-corrected chi connectivity index (χ3v) is 3.74. The summed E-state index contributed by atoms with van der Waals surface area (Å²) in [4.78, 5) is 36.9. The lowest BCUT2D eigenvalue weighted by Crippen LogP contribution is -2.61. The standard InChI is InChI=1S/C19H25N3O4/c1-5-16(23)20-10-13-6-8-14(9-7-13)17(24)22-11-15(12-22)21-18(25)26-19(2,3)4/h5-9,15H,1,10-12H2,2-4H3,(H,20,23)(H,21,25). The third kappa shape index (κ3) is 5.61. The zero-order valence-corrected chi connectivity index (χ0v) is 15.4. The molecule has 0 bridgehead atoms. The maximum Gasteiger partial charge on any atom is 0.407 e. The van der Waals surface area contributed by atoms with Crippen molar-refractivity contribution in [2.24, 2.45) is 0 Å². The number of alkyl carbamates (subject to hydrolysis) is 1. The van der Waals surface area contributed by atoms with Crippen LogP contribution in [0.15, 0.2) is 36.9 Å². The highest BCUT2D eigenvalue weighted by Crippen LogP contribution is 2.15. The molecule has 0 saturated carbocycles. The van der Waals surface area contributed by atoms with Crippen molar-refractivity contribution in [2.45, 2.75) is 39.0 Å². The van der Waals surface area contributed by atoms with Gasteiger partial charge in [0.05, 0.1) is 6.04 Å². The summed E-state index contributed by atoms with van der Waals surface area (Å²) in [6.07, 6.45) is 0.740. The molecule has 0 radical (unpaired) electrons. The molecule has 0 spiro atoms. The van der Waals surface area contributed by atoms with Gasteiger partial charge >= 0.3 is 6.09 Å². The monoisotopic (exact) mass is 359 g/mol. The second-order valence-corrected chi connectivity index (χ2v) is 7.17. The molecule has 0 unspecified atom stereocenters. The van der Waals surface area contributed by atoms with E-state index < -0.39 is 11.7 Å². The fourth-order valence-corrected chi connectivity index (χ4v) is 2.42. The van der Waals surface area contributed by atoms with Crippen molar-refractivity contribution in [3.63, 3.8) is 0 Å². The molecule has 1 saturated heterocycles. The molecule has 2 rings (SSSR count). The Hall–Kier alpha value is -2.83. The van der Waals surface area contributed by atoms with Gasteiger partial charge in [0.25, 0.3) is 5.91 Å². The number of ether oxygens (including phenoxy) is 1. The van der Waals surface area contributed by atoms with Gasteiger partial charge in [-0.15, -0.1) is 0 Å². The van der Waals surface area contributed by atoms with Crippen molar-refractivity contribution >= 4 is 17.9 Å². The summed E-state index contributed by atoms with van der Waals surface area (Å²) < 4.78 is 5.20. The largest absolute Gasteiger partial charge is 0.444 e. The molecule has 1 heterocycles. The van der Waals surface area contributed by atoms with Gasteiger partial charge in [-0.25, -0.2) is 4.79 Å². The van der Waals surface area contributed by atoms with E-state index in [1.54, 1.807) is 49.9 Å². The molecular formula is C19H25N3O4. The van der Waals surface area contributed by atoms with Gasteiger partial charge in [0, 0.05) is 25.2 Å². The van der Waals surface area contributed by atoms with Gasteiger partial charge in [-0.1, -0.05) is 18.7 Å². The van der Waals surface area contributed by atoms with Crippen LogP contribution in [0.4, 0.5) is 4.79 Å². The van der Waals surface area contributed by atoms with Crippen LogP contribution in [0, 0.1) is 0 Å². The molecule has 3 amide bonds. The molecule has 1 aromatic rings. The van der Waals surface area contributed by atoms with Gasteiger partial charge in [0.1, 0.15) is 5.60 Å². The van der Waals surface area contributed by atoms with Crippen molar-refractivity contribution in [3.05, 3.63) is 48.0 Å². The molecular weight excluding hydrogens is 334 g/mol. The highest BCUT2D eigenvalue weighted by molar-refractivity contribution is 5.95. The number of nitrogens with zero attached hydrogens (tertiary/aromatic N) is 1. The minimum absolute atomic E-state index is 0.0890. The number of amides is 3. The fraction of sp³-hybridized carbons (Fsp3) is 0.421. The third-order valence-electron chi connectivity index (χ3n) is 3.74. The number of hydrogen-bond acceptors (Lipinski definition) is 4. The van der Waals surface area contributed by atoms with E-state index in [9.17, 15) is 14.4 Å². The van der Waals surface area contributed by atoms with E-state index in [-0.39, 0.29) is 17.9 Å². The summed E-state index contributed by atoms with van der Waals surface area (Å²) in [5, 5.41) is 5.43.